The van der Waals surface area contributed by atoms with Crippen molar-refractivity contribution in [3.63, 3.8) is 0 Å². The zero-order valence-electron chi connectivity index (χ0n) is 13.1. The zero-order valence-corrected chi connectivity index (χ0v) is 13.1. The molecule has 114 valence electrons. The van der Waals surface area contributed by atoms with E-state index in [4.69, 9.17) is 0 Å². The number of hydrogen-bond acceptors (Lipinski definition) is 3. The Labute approximate surface area is 127 Å². The van der Waals surface area contributed by atoms with Gasteiger partial charge in [-0.1, -0.05) is 6.07 Å². The number of likely N-dealkylation sites (N-methyl/N-ethyl adjacent to an activating group) is 1. The van der Waals surface area contributed by atoms with Gasteiger partial charge in [0.2, 0.25) is 0 Å². The molecule has 2 aliphatic rings. The summed E-state index contributed by atoms with van der Waals surface area (Å²) in [6.07, 6.45) is 4.36. The van der Waals surface area contributed by atoms with E-state index in [9.17, 15) is 4.79 Å². The SMILES string of the molecule is CN(C)CC1CCCN1C(=O)c1cccc2c1CCCN2. The fourth-order valence-corrected chi connectivity index (χ4v) is 3.58. The minimum absolute atomic E-state index is 0.222. The highest BCUT2D eigenvalue weighted by atomic mass is 16.2. The van der Waals surface area contributed by atoms with Crippen LogP contribution in [-0.2, 0) is 6.42 Å². The maximum atomic E-state index is 13.0. The monoisotopic (exact) mass is 287 g/mol. The van der Waals surface area contributed by atoms with Crippen LogP contribution in [0.4, 0.5) is 5.69 Å². The first kappa shape index (κ1) is 14.4. The van der Waals surface area contributed by atoms with Crippen molar-refractivity contribution in [3.8, 4) is 0 Å². The number of carbonyl (C=O) groups excluding carboxylic acids is 1. The van der Waals surface area contributed by atoms with Gasteiger partial charge in [-0.25, -0.2) is 0 Å². The second kappa shape index (κ2) is 6.06. The molecule has 0 spiro atoms. The summed E-state index contributed by atoms with van der Waals surface area (Å²) >= 11 is 0. The molecule has 0 radical (unpaired) electrons. The van der Waals surface area contributed by atoms with Crippen LogP contribution in [0.5, 0.6) is 0 Å². The molecule has 1 aromatic rings. The molecule has 3 rings (SSSR count). The molecule has 4 nitrogen and oxygen atoms in total. The first-order valence-electron chi connectivity index (χ1n) is 7.98. The maximum absolute atomic E-state index is 13.0. The number of hydrogen-bond donors (Lipinski definition) is 1. The number of likely N-dealkylation sites (tertiary alicyclic amines) is 1. The average molecular weight is 287 g/mol. The number of nitrogens with zero attached hydrogens (tertiary/aromatic N) is 2. The van der Waals surface area contributed by atoms with E-state index in [0.29, 0.717) is 6.04 Å². The molecule has 0 bridgehead atoms. The third-order valence-electron chi connectivity index (χ3n) is 4.54. The molecule has 2 heterocycles. The number of amides is 1. The summed E-state index contributed by atoms with van der Waals surface area (Å²) in [5.41, 5.74) is 3.27. The van der Waals surface area contributed by atoms with Crippen LogP contribution in [0.3, 0.4) is 0 Å². The molecule has 1 atom stereocenters. The highest BCUT2D eigenvalue weighted by Gasteiger charge is 2.31. The van der Waals surface area contributed by atoms with Crippen molar-refractivity contribution in [2.45, 2.75) is 31.7 Å². The van der Waals surface area contributed by atoms with Gasteiger partial charge >= 0.3 is 0 Å². The smallest absolute Gasteiger partial charge is 0.254 e. The molecule has 1 aromatic carbocycles. The number of carbonyl (C=O) groups is 1. The van der Waals surface area contributed by atoms with E-state index in [2.05, 4.69) is 35.3 Å². The van der Waals surface area contributed by atoms with E-state index in [1.54, 1.807) is 0 Å². The van der Waals surface area contributed by atoms with E-state index in [1.165, 1.54) is 5.56 Å². The normalized spacial score (nSPS) is 21.3. The van der Waals surface area contributed by atoms with Crippen LogP contribution in [0, 0.1) is 0 Å². The van der Waals surface area contributed by atoms with Gasteiger partial charge in [0.05, 0.1) is 0 Å². The van der Waals surface area contributed by atoms with Crippen LogP contribution in [-0.4, -0.2) is 55.5 Å². The Morgan fingerprint density at radius 1 is 1.38 bits per heavy atom. The Hall–Kier alpha value is -1.55. The highest BCUT2D eigenvalue weighted by Crippen LogP contribution is 2.28. The van der Waals surface area contributed by atoms with E-state index < -0.39 is 0 Å². The van der Waals surface area contributed by atoms with Crippen molar-refractivity contribution >= 4 is 11.6 Å². The van der Waals surface area contributed by atoms with E-state index in [-0.39, 0.29) is 5.91 Å². The minimum atomic E-state index is 0.222. The van der Waals surface area contributed by atoms with Crippen molar-refractivity contribution < 1.29 is 4.79 Å². The Balaban J connectivity index is 1.85. The first-order chi connectivity index (χ1) is 10.2. The van der Waals surface area contributed by atoms with E-state index >= 15 is 0 Å². The van der Waals surface area contributed by atoms with Crippen LogP contribution in [0.15, 0.2) is 18.2 Å². The van der Waals surface area contributed by atoms with Crippen LogP contribution in [0.25, 0.3) is 0 Å². The second-order valence-corrected chi connectivity index (χ2v) is 6.42. The van der Waals surface area contributed by atoms with Gasteiger partial charge in [-0.3, -0.25) is 4.79 Å². The molecule has 21 heavy (non-hydrogen) atoms. The first-order valence-corrected chi connectivity index (χ1v) is 7.98. The van der Waals surface area contributed by atoms with Gasteiger partial charge in [-0.2, -0.15) is 0 Å². The summed E-state index contributed by atoms with van der Waals surface area (Å²) in [5.74, 6) is 0.222. The van der Waals surface area contributed by atoms with Gasteiger partial charge in [0.1, 0.15) is 0 Å². The lowest BCUT2D eigenvalue weighted by atomic mass is 9.96. The molecule has 0 saturated carbocycles. The molecule has 1 unspecified atom stereocenters. The molecule has 1 saturated heterocycles. The van der Waals surface area contributed by atoms with Gasteiger partial charge in [0.15, 0.2) is 0 Å². The Morgan fingerprint density at radius 3 is 3.05 bits per heavy atom. The lowest BCUT2D eigenvalue weighted by Crippen LogP contribution is -2.41. The molecule has 2 aliphatic heterocycles. The average Bonchev–Trinajstić information content (AvgIpc) is 2.93. The molecule has 1 N–H and O–H groups in total. The van der Waals surface area contributed by atoms with Crippen LogP contribution < -0.4 is 5.32 Å². The molecular formula is C17H25N3O. The molecular weight excluding hydrogens is 262 g/mol. The Kier molecular flexibility index (Phi) is 4.15. The summed E-state index contributed by atoms with van der Waals surface area (Å²) in [6, 6.07) is 6.45. The van der Waals surface area contributed by atoms with Gasteiger partial charge in [-0.15, -0.1) is 0 Å². The summed E-state index contributed by atoms with van der Waals surface area (Å²) < 4.78 is 0. The molecule has 0 aliphatic carbocycles. The summed E-state index contributed by atoms with van der Waals surface area (Å²) in [7, 11) is 4.16. The largest absolute Gasteiger partial charge is 0.385 e. The third-order valence-corrected chi connectivity index (χ3v) is 4.54. The summed E-state index contributed by atoms with van der Waals surface area (Å²) in [4.78, 5) is 17.3. The minimum Gasteiger partial charge on any atom is -0.385 e. The lowest BCUT2D eigenvalue weighted by Gasteiger charge is -2.29. The van der Waals surface area contributed by atoms with Crippen LogP contribution >= 0.6 is 0 Å². The Bertz CT molecular complexity index is 527. The van der Waals surface area contributed by atoms with Crippen molar-refractivity contribution in [1.82, 2.24) is 9.80 Å². The summed E-state index contributed by atoms with van der Waals surface area (Å²) in [5, 5.41) is 3.41. The summed E-state index contributed by atoms with van der Waals surface area (Å²) in [6.45, 7) is 2.87. The number of nitrogens with one attached hydrogen (secondary N) is 1. The van der Waals surface area contributed by atoms with Crippen LogP contribution in [0.2, 0.25) is 0 Å². The molecule has 1 fully saturated rings. The van der Waals surface area contributed by atoms with Gasteiger partial charge in [-0.05, 0) is 57.5 Å². The quantitative estimate of drug-likeness (QED) is 0.926. The van der Waals surface area contributed by atoms with E-state index in [0.717, 1.165) is 56.6 Å². The highest BCUT2D eigenvalue weighted by molar-refractivity contribution is 5.97. The molecule has 4 heteroatoms. The number of benzene rings is 1. The maximum Gasteiger partial charge on any atom is 0.254 e. The zero-order chi connectivity index (χ0) is 14.8. The topological polar surface area (TPSA) is 35.6 Å². The molecule has 1 amide bonds. The number of fused-ring (bicyclic) bond motifs is 1. The van der Waals surface area contributed by atoms with Crippen molar-refractivity contribution in [2.75, 3.05) is 39.0 Å². The number of rotatable bonds is 3. The number of anilines is 1. The van der Waals surface area contributed by atoms with Gasteiger partial charge in [0.25, 0.3) is 5.91 Å². The lowest BCUT2D eigenvalue weighted by molar-refractivity contribution is 0.0715. The van der Waals surface area contributed by atoms with Gasteiger partial charge < -0.3 is 15.1 Å². The van der Waals surface area contributed by atoms with E-state index in [1.807, 2.05) is 12.1 Å². The third kappa shape index (κ3) is 2.91. The predicted octanol–water partition coefficient (Wildman–Crippen LogP) is 2.21. The second-order valence-electron chi connectivity index (χ2n) is 6.42. The molecule has 0 aromatic heterocycles. The predicted molar refractivity (Wildman–Crippen MR) is 85.9 cm³/mol. The van der Waals surface area contributed by atoms with Crippen LogP contribution in [0.1, 0.15) is 35.2 Å². The Morgan fingerprint density at radius 2 is 2.24 bits per heavy atom. The van der Waals surface area contributed by atoms with Gasteiger partial charge in [0, 0.05) is 36.9 Å². The van der Waals surface area contributed by atoms with Crippen molar-refractivity contribution in [3.05, 3.63) is 29.3 Å². The standard InChI is InChI=1S/C17H25N3O/c1-19(2)12-13-6-5-11-20(13)17(21)15-7-3-9-16-14(15)8-4-10-18-16/h3,7,9,13,18H,4-6,8,10-12H2,1-2H3. The fraction of sp³-hybridized carbons (Fsp3) is 0.588. The fourth-order valence-electron chi connectivity index (χ4n) is 3.58. The van der Waals surface area contributed by atoms with Crippen molar-refractivity contribution in [1.29, 1.82) is 0 Å². The van der Waals surface area contributed by atoms with Crippen molar-refractivity contribution in [2.24, 2.45) is 0 Å².